The fourth-order valence-electron chi connectivity index (χ4n) is 6.79. The van der Waals surface area contributed by atoms with E-state index in [9.17, 15) is 19.2 Å². The summed E-state index contributed by atoms with van der Waals surface area (Å²) >= 11 is 0. The summed E-state index contributed by atoms with van der Waals surface area (Å²) in [7, 11) is 1.89. The Balaban J connectivity index is -0.000000784. The lowest BCUT2D eigenvalue weighted by atomic mass is 10.0. The molecule has 1 aromatic rings. The van der Waals surface area contributed by atoms with Gasteiger partial charge >= 0.3 is 11.9 Å². The normalized spacial score (nSPS) is 10.8. The third-order valence-electron chi connectivity index (χ3n) is 11.2. The van der Waals surface area contributed by atoms with Gasteiger partial charge in [0.1, 0.15) is 18.6 Å². The summed E-state index contributed by atoms with van der Waals surface area (Å²) in [5, 5.41) is 21.0. The van der Waals surface area contributed by atoms with Crippen molar-refractivity contribution in [2.45, 2.75) is 163 Å². The van der Waals surface area contributed by atoms with Crippen LogP contribution in [0, 0.1) is 6.92 Å². The van der Waals surface area contributed by atoms with E-state index < -0.39 is 11.9 Å². The van der Waals surface area contributed by atoms with Crippen LogP contribution in [0.2, 0.25) is 0 Å². The lowest BCUT2D eigenvalue weighted by Gasteiger charge is -2.15. The Kier molecular flexibility index (Phi) is 81.1. The van der Waals surface area contributed by atoms with E-state index in [-0.39, 0.29) is 18.9 Å². The van der Waals surface area contributed by atoms with Gasteiger partial charge in [-0.1, -0.05) is 129 Å². The standard InChI is InChI=1S/C35H66N4O12.C18H35NO3.C5H8O3.C3H8.C2H6/c1-33-3-5-35(6-4-33)51-32-34(36)31-39(37)8-10-41-12-14-43-16-18-45-20-22-47-24-26-49-28-30-50-29-27-48-25-23-46-21-19-44-17-15-42-13-11-40-9-7-38-2;19-17(20)15-13-11-9-7-5-3-1-2-4-6-8-10-12-14-16-18(21)22;6-4-2-1-3-5(7)8;1-3-2;1-2/h3-6,31,38H,7-30,32,36-37H2,1-2H3;1-16H2,(H2,19,20)(H,21,22);4H,1-3H2,(H,7,8);3H2,1-2H3;1-2H3/b34-31-;;;;. The van der Waals surface area contributed by atoms with Gasteiger partial charge in [0.05, 0.1) is 158 Å². The Hall–Kier alpha value is -4.08. The fraction of sp³-hybridized carbons (Fsp3) is 0.810. The fourth-order valence-corrected chi connectivity index (χ4v) is 6.79. The second-order valence-electron chi connectivity index (χ2n) is 19.4. The van der Waals surface area contributed by atoms with Crippen molar-refractivity contribution in [2.24, 2.45) is 17.3 Å². The Morgan fingerprint density at radius 1 is 0.477 bits per heavy atom. The maximum atomic E-state index is 10.6. The topological polar surface area (TPSA) is 313 Å². The first-order valence-corrected chi connectivity index (χ1v) is 31.7. The van der Waals surface area contributed by atoms with E-state index in [4.69, 9.17) is 84.4 Å². The van der Waals surface area contributed by atoms with E-state index >= 15 is 0 Å². The number of carboxylic acids is 2. The molecule has 0 aromatic heterocycles. The molecular weight excluding hydrogens is 1110 g/mol. The highest BCUT2D eigenvalue weighted by Crippen LogP contribution is 2.14. The average Bonchev–Trinajstić information content (AvgIpc) is 3.55. The lowest BCUT2D eigenvalue weighted by molar-refractivity contribution is -0.138. The predicted octanol–water partition coefficient (Wildman–Crippen LogP) is 8.43. The number of hydrogen-bond donors (Lipinski definition) is 6. The van der Waals surface area contributed by atoms with Gasteiger partial charge in [0.25, 0.3) is 0 Å². The third kappa shape index (κ3) is 86.4. The van der Waals surface area contributed by atoms with Crippen molar-refractivity contribution in [3.63, 3.8) is 0 Å². The highest BCUT2D eigenvalue weighted by atomic mass is 16.6. The van der Waals surface area contributed by atoms with Crippen molar-refractivity contribution in [1.29, 1.82) is 0 Å². The van der Waals surface area contributed by atoms with Crippen LogP contribution >= 0.6 is 0 Å². The van der Waals surface area contributed by atoms with E-state index in [0.29, 0.717) is 183 Å². The number of nitrogens with two attached hydrogens (primary N) is 3. The smallest absolute Gasteiger partial charge is 0.303 e. The summed E-state index contributed by atoms with van der Waals surface area (Å²) in [6, 6.07) is 7.78. The Labute approximate surface area is 518 Å². The van der Waals surface area contributed by atoms with Gasteiger partial charge in [-0.05, 0) is 45.4 Å². The van der Waals surface area contributed by atoms with Gasteiger partial charge in [0.15, 0.2) is 0 Å². The zero-order valence-corrected chi connectivity index (χ0v) is 54.4. The van der Waals surface area contributed by atoms with Crippen LogP contribution in [0.3, 0.4) is 0 Å². The van der Waals surface area contributed by atoms with Gasteiger partial charge in [0.2, 0.25) is 5.91 Å². The van der Waals surface area contributed by atoms with Crippen LogP contribution in [0.25, 0.3) is 0 Å². The summed E-state index contributed by atoms with van der Waals surface area (Å²) in [6.07, 6.45) is 22.2. The quantitative estimate of drug-likeness (QED) is 0.0154. The Morgan fingerprint density at radius 3 is 1.07 bits per heavy atom. The predicted molar refractivity (Wildman–Crippen MR) is 338 cm³/mol. The van der Waals surface area contributed by atoms with Gasteiger partial charge < -0.3 is 93.6 Å². The number of benzene rings is 1. The number of nitrogens with zero attached hydrogens (tertiary/aromatic N) is 1. The molecule has 0 saturated heterocycles. The van der Waals surface area contributed by atoms with Gasteiger partial charge in [-0.3, -0.25) is 14.4 Å². The number of nitrogens with one attached hydrogen (secondary N) is 1. The summed E-state index contributed by atoms with van der Waals surface area (Å²) in [5.74, 6) is 5.01. The molecule has 1 rings (SSSR count). The van der Waals surface area contributed by atoms with Crippen molar-refractivity contribution >= 4 is 24.1 Å². The van der Waals surface area contributed by atoms with Crippen LogP contribution in [0.4, 0.5) is 0 Å². The molecule has 0 fully saturated rings. The number of unbranched alkanes of at least 4 members (excludes halogenated alkanes) is 14. The number of amides is 1. The molecule has 0 atom stereocenters. The second kappa shape index (κ2) is 78.9. The molecule has 86 heavy (non-hydrogen) atoms. The van der Waals surface area contributed by atoms with E-state index in [2.05, 4.69) is 19.2 Å². The highest BCUT2D eigenvalue weighted by molar-refractivity contribution is 5.73. The van der Waals surface area contributed by atoms with Crippen molar-refractivity contribution in [3.05, 3.63) is 41.7 Å². The van der Waals surface area contributed by atoms with Gasteiger partial charge in [-0.25, -0.2) is 5.84 Å². The molecule has 0 aliphatic rings. The van der Waals surface area contributed by atoms with Crippen LogP contribution in [-0.2, 0) is 71.3 Å². The monoisotopic (exact) mass is 1240 g/mol. The maximum absolute atomic E-state index is 10.6. The first kappa shape index (κ1) is 88.3. The van der Waals surface area contributed by atoms with Crippen molar-refractivity contribution in [2.75, 3.05) is 172 Å². The minimum atomic E-state index is -0.841. The van der Waals surface area contributed by atoms with Crippen molar-refractivity contribution in [3.8, 4) is 5.75 Å². The first-order valence-electron chi connectivity index (χ1n) is 31.7. The number of carbonyl (C=O) groups excluding carboxylic acids is 2. The Morgan fingerprint density at radius 2 is 0.767 bits per heavy atom. The number of aliphatic carboxylic acids is 2. The number of rotatable bonds is 61. The number of hydrogen-bond acceptors (Lipinski definition) is 20. The molecular formula is C63H123N5O18. The molecule has 0 saturated carbocycles. The number of aryl methyl sites for hydroxylation is 1. The molecule has 1 amide bonds. The van der Waals surface area contributed by atoms with E-state index in [0.717, 1.165) is 44.3 Å². The molecule has 1 aromatic carbocycles. The molecule has 23 heteroatoms. The summed E-state index contributed by atoms with van der Waals surface area (Å²) in [4.78, 5) is 40.3. The Bertz CT molecular complexity index is 1530. The van der Waals surface area contributed by atoms with Crippen molar-refractivity contribution < 1.29 is 86.2 Å². The molecule has 508 valence electrons. The van der Waals surface area contributed by atoms with Crippen molar-refractivity contribution in [1.82, 2.24) is 10.3 Å². The molecule has 0 aliphatic carbocycles. The largest absolute Gasteiger partial charge is 0.487 e. The molecule has 0 aliphatic heterocycles. The molecule has 9 N–H and O–H groups in total. The summed E-state index contributed by atoms with van der Waals surface area (Å²) < 4.78 is 65.9. The number of ether oxygens (including phenoxy) is 12. The van der Waals surface area contributed by atoms with Gasteiger partial charge in [-0.15, -0.1) is 0 Å². The number of primary amides is 1. The van der Waals surface area contributed by atoms with Crippen LogP contribution in [0.1, 0.15) is 162 Å². The van der Waals surface area contributed by atoms with Crippen LogP contribution in [-0.4, -0.2) is 211 Å². The lowest BCUT2D eigenvalue weighted by Crippen LogP contribution is -2.31. The minimum Gasteiger partial charge on any atom is -0.487 e. The number of likely N-dealkylation sites (N-methyl/N-ethyl adjacent to an activating group) is 1. The van der Waals surface area contributed by atoms with E-state index in [1.807, 2.05) is 52.1 Å². The molecule has 0 heterocycles. The number of aldehydes is 1. The van der Waals surface area contributed by atoms with E-state index in [1.165, 1.54) is 81.2 Å². The first-order chi connectivity index (χ1) is 41.9. The maximum Gasteiger partial charge on any atom is 0.303 e. The highest BCUT2D eigenvalue weighted by Gasteiger charge is 2.02. The van der Waals surface area contributed by atoms with E-state index in [1.54, 1.807) is 6.20 Å². The SMILES string of the molecule is CC.CCC.CNCCOCCOCCOCCOCCOCCOCCOCCOCCOCCOCCOCCN(N)/C=C(\N)COc1ccc(C)cc1.NC(=O)CCCCCCCCCCCCCCCCC(=O)O.O=CCCCC(=O)O. The summed E-state index contributed by atoms with van der Waals surface area (Å²) in [6.45, 7) is 23.2. The second-order valence-corrected chi connectivity index (χ2v) is 19.4. The van der Waals surface area contributed by atoms with Gasteiger partial charge in [0, 0.05) is 38.4 Å². The summed E-state index contributed by atoms with van der Waals surface area (Å²) in [5.41, 5.74) is 12.8. The molecule has 0 radical (unpaired) electrons. The number of carboxylic acid groups (broad SMARTS) is 2. The zero-order chi connectivity index (χ0) is 64.3. The number of hydrazine groups is 1. The molecule has 0 bridgehead atoms. The van der Waals surface area contributed by atoms with Crippen LogP contribution in [0.15, 0.2) is 36.2 Å². The number of carbonyl (C=O) groups is 4. The average molecular weight is 1240 g/mol. The third-order valence-corrected chi connectivity index (χ3v) is 11.2. The minimum absolute atomic E-state index is 0.0960. The van der Waals surface area contributed by atoms with Crippen LogP contribution in [0.5, 0.6) is 5.75 Å². The van der Waals surface area contributed by atoms with Crippen LogP contribution < -0.4 is 27.4 Å². The van der Waals surface area contributed by atoms with Gasteiger partial charge in [-0.2, -0.15) is 0 Å². The molecule has 23 nitrogen and oxygen atoms in total. The zero-order valence-electron chi connectivity index (χ0n) is 54.4. The molecule has 0 spiro atoms. The molecule has 0 unspecified atom stereocenters.